The van der Waals surface area contributed by atoms with Crippen LogP contribution in [0.25, 0.3) is 0 Å². The fraction of sp³-hybridized carbons (Fsp3) is 0.950. The van der Waals surface area contributed by atoms with E-state index in [-0.39, 0.29) is 35.6 Å². The zero-order valence-electron chi connectivity index (χ0n) is 33.8. The maximum Gasteiger partial charge on any atom is 0.317 e. The predicted octanol–water partition coefficient (Wildman–Crippen LogP) is 4.53. The van der Waals surface area contributed by atoms with Crippen LogP contribution in [0.4, 0.5) is 0 Å². The lowest BCUT2D eigenvalue weighted by atomic mass is 9.68. The summed E-state index contributed by atoms with van der Waals surface area (Å²) < 4.78 is 65.8. The monoisotopic (exact) mass is 779 g/mol. The predicted molar refractivity (Wildman–Crippen MR) is 202 cm³/mol. The molecule has 1 saturated heterocycles. The van der Waals surface area contributed by atoms with Gasteiger partial charge in [-0.25, -0.2) is 0 Å². The summed E-state index contributed by atoms with van der Waals surface area (Å²) in [6.45, 7) is 17.8. The van der Waals surface area contributed by atoms with Gasteiger partial charge in [0, 0.05) is 13.2 Å². The lowest BCUT2D eigenvalue weighted by molar-refractivity contribution is -0.154. The Morgan fingerprint density at radius 2 is 0.852 bits per heavy atom. The van der Waals surface area contributed by atoms with Gasteiger partial charge in [0.2, 0.25) is 0 Å². The first kappa shape index (κ1) is 48.8. The highest BCUT2D eigenvalue weighted by Crippen LogP contribution is 2.43. The zero-order chi connectivity index (χ0) is 38.7. The molecule has 0 aromatic carbocycles. The average Bonchev–Trinajstić information content (AvgIpc) is 3.45. The molecular weight excluding hydrogens is 704 g/mol. The first-order chi connectivity index (χ1) is 26.6. The zero-order valence-corrected chi connectivity index (χ0v) is 33.8. The Bertz CT molecular complexity index is 874. The molecule has 0 radical (unpaired) electrons. The molecule has 4 atom stereocenters. The Morgan fingerprint density at radius 1 is 0.500 bits per heavy atom. The normalized spacial score (nSPS) is 19.1. The molecule has 2 rings (SSSR count). The first-order valence-corrected chi connectivity index (χ1v) is 20.7. The number of hydrogen-bond acceptors (Lipinski definition) is 14. The molecule has 14 heteroatoms. The molecule has 14 nitrogen and oxygen atoms in total. The van der Waals surface area contributed by atoms with Crippen LogP contribution in [0.5, 0.6) is 0 Å². The van der Waals surface area contributed by atoms with Gasteiger partial charge in [-0.3, -0.25) is 9.59 Å². The topological polar surface area (TPSA) is 145 Å². The van der Waals surface area contributed by atoms with Crippen LogP contribution in [0.15, 0.2) is 0 Å². The van der Waals surface area contributed by atoms with E-state index >= 15 is 0 Å². The standard InChI is InChI=1S/C40H74O14/c1-4-11-43-12-13-44-14-15-45-16-17-46-18-19-47-20-21-48-22-23-49-24-25-50-26-27-51-28-29-52-30-31-53-33-34(3)32-37-38(40(42)54-39(37)41)36(5-2)35-9-7-6-8-10-35/h34-38H,4-33H2,1-3H3. The molecule has 0 amide bonds. The summed E-state index contributed by atoms with van der Waals surface area (Å²) in [6, 6.07) is 0. The second kappa shape index (κ2) is 34.9. The molecule has 4 unspecified atom stereocenters. The van der Waals surface area contributed by atoms with Crippen LogP contribution in [0, 0.1) is 29.6 Å². The van der Waals surface area contributed by atoms with E-state index in [4.69, 9.17) is 56.8 Å². The van der Waals surface area contributed by atoms with Crippen molar-refractivity contribution in [1.82, 2.24) is 0 Å². The van der Waals surface area contributed by atoms with Crippen LogP contribution in [-0.2, 0) is 66.4 Å². The fourth-order valence-corrected chi connectivity index (χ4v) is 6.84. The summed E-state index contributed by atoms with van der Waals surface area (Å²) in [4.78, 5) is 25.3. The quantitative estimate of drug-likeness (QED) is 0.0490. The van der Waals surface area contributed by atoms with E-state index in [1.165, 1.54) is 19.3 Å². The molecular formula is C40H74O14. The molecule has 0 bridgehead atoms. The summed E-state index contributed by atoms with van der Waals surface area (Å²) in [5, 5.41) is 0. The second-order valence-electron chi connectivity index (χ2n) is 13.9. The minimum absolute atomic E-state index is 0.138. The smallest absolute Gasteiger partial charge is 0.317 e. The van der Waals surface area contributed by atoms with Crippen molar-refractivity contribution >= 4 is 11.9 Å². The van der Waals surface area contributed by atoms with Crippen molar-refractivity contribution in [2.45, 2.75) is 72.1 Å². The van der Waals surface area contributed by atoms with Gasteiger partial charge in [-0.05, 0) is 30.6 Å². The number of carbonyl (C=O) groups is 2. The summed E-state index contributed by atoms with van der Waals surface area (Å²) in [7, 11) is 0. The van der Waals surface area contributed by atoms with Gasteiger partial charge in [0.25, 0.3) is 0 Å². The van der Waals surface area contributed by atoms with Gasteiger partial charge >= 0.3 is 11.9 Å². The van der Waals surface area contributed by atoms with Crippen molar-refractivity contribution in [3.8, 4) is 0 Å². The number of esters is 2. The van der Waals surface area contributed by atoms with Crippen molar-refractivity contribution < 1.29 is 66.4 Å². The third kappa shape index (κ3) is 24.4. The van der Waals surface area contributed by atoms with Gasteiger partial charge < -0.3 is 56.8 Å². The lowest BCUT2D eigenvalue weighted by Crippen LogP contribution is -2.33. The molecule has 1 heterocycles. The molecule has 54 heavy (non-hydrogen) atoms. The Hall–Kier alpha value is -1.30. The van der Waals surface area contributed by atoms with Gasteiger partial charge in [-0.1, -0.05) is 59.3 Å². The minimum Gasteiger partial charge on any atom is -0.393 e. The highest BCUT2D eigenvalue weighted by molar-refractivity contribution is 5.96. The molecule has 318 valence electrons. The van der Waals surface area contributed by atoms with E-state index in [9.17, 15) is 9.59 Å². The van der Waals surface area contributed by atoms with Gasteiger partial charge in [-0.15, -0.1) is 0 Å². The maximum atomic E-state index is 12.7. The third-order valence-electron chi connectivity index (χ3n) is 9.52. The van der Waals surface area contributed by atoms with Crippen LogP contribution in [0.2, 0.25) is 0 Å². The number of rotatable bonds is 39. The van der Waals surface area contributed by atoms with Crippen molar-refractivity contribution in [1.29, 1.82) is 0 Å². The SMILES string of the molecule is CCCOCCOCCOCCOCCOCCOCCOCCOCCOCCOCCOCC(C)CC1C(=O)OC(=O)C1C(CC)C1CCCCC1. The van der Waals surface area contributed by atoms with Crippen LogP contribution in [0.1, 0.15) is 72.1 Å². The van der Waals surface area contributed by atoms with Crippen LogP contribution in [-0.4, -0.2) is 157 Å². The summed E-state index contributed by atoms with van der Waals surface area (Å²) >= 11 is 0. The molecule has 1 saturated carbocycles. The number of ether oxygens (including phenoxy) is 12. The van der Waals surface area contributed by atoms with E-state index in [2.05, 4.69) is 20.8 Å². The van der Waals surface area contributed by atoms with Gasteiger partial charge in [0.15, 0.2) is 0 Å². The molecule has 2 aliphatic rings. The second-order valence-corrected chi connectivity index (χ2v) is 13.9. The fourth-order valence-electron chi connectivity index (χ4n) is 6.84. The molecule has 2 fully saturated rings. The highest BCUT2D eigenvalue weighted by Gasteiger charge is 2.49. The summed E-state index contributed by atoms with van der Waals surface area (Å²) in [5.74, 6) is -0.479. The van der Waals surface area contributed by atoms with Crippen molar-refractivity contribution in [2.75, 3.05) is 145 Å². The van der Waals surface area contributed by atoms with Crippen LogP contribution in [0.3, 0.4) is 0 Å². The van der Waals surface area contributed by atoms with Gasteiger partial charge in [-0.2, -0.15) is 0 Å². The average molecular weight is 779 g/mol. The van der Waals surface area contributed by atoms with E-state index < -0.39 is 0 Å². The molecule has 0 spiro atoms. The van der Waals surface area contributed by atoms with E-state index in [0.29, 0.717) is 151 Å². The molecule has 0 aromatic rings. The first-order valence-electron chi connectivity index (χ1n) is 20.7. The highest BCUT2D eigenvalue weighted by atomic mass is 16.6. The largest absolute Gasteiger partial charge is 0.393 e. The molecule has 0 aromatic heterocycles. The number of carbonyl (C=O) groups excluding carboxylic acids is 2. The van der Waals surface area contributed by atoms with Crippen LogP contribution < -0.4 is 0 Å². The van der Waals surface area contributed by atoms with Crippen molar-refractivity contribution in [3.63, 3.8) is 0 Å². The van der Waals surface area contributed by atoms with E-state index in [1.807, 2.05) is 0 Å². The Kier molecular flexibility index (Phi) is 31.6. The molecule has 1 aliphatic heterocycles. The van der Waals surface area contributed by atoms with E-state index in [0.717, 1.165) is 32.3 Å². The van der Waals surface area contributed by atoms with Crippen LogP contribution >= 0.6 is 0 Å². The Balaban J connectivity index is 1.26. The number of hydrogen-bond donors (Lipinski definition) is 0. The minimum atomic E-state index is -0.364. The summed E-state index contributed by atoms with van der Waals surface area (Å²) in [6.07, 6.45) is 8.52. The van der Waals surface area contributed by atoms with Gasteiger partial charge in [0.05, 0.1) is 144 Å². The lowest BCUT2D eigenvalue weighted by Gasteiger charge is -2.34. The third-order valence-corrected chi connectivity index (χ3v) is 9.52. The Labute approximate surface area is 325 Å². The summed E-state index contributed by atoms with van der Waals surface area (Å²) in [5.41, 5.74) is 0. The van der Waals surface area contributed by atoms with Crippen molar-refractivity contribution in [3.05, 3.63) is 0 Å². The molecule has 1 aliphatic carbocycles. The van der Waals surface area contributed by atoms with Gasteiger partial charge in [0.1, 0.15) is 0 Å². The van der Waals surface area contributed by atoms with E-state index in [1.54, 1.807) is 0 Å². The maximum absolute atomic E-state index is 12.7. The molecule has 0 N–H and O–H groups in total. The Morgan fingerprint density at radius 3 is 1.20 bits per heavy atom. The number of cyclic esters (lactones) is 2. The van der Waals surface area contributed by atoms with Crippen molar-refractivity contribution in [2.24, 2.45) is 29.6 Å².